The van der Waals surface area contributed by atoms with E-state index < -0.39 is 0 Å². The van der Waals surface area contributed by atoms with E-state index in [-0.39, 0.29) is 0 Å². The summed E-state index contributed by atoms with van der Waals surface area (Å²) in [6.45, 7) is 0. The molecule has 0 aliphatic heterocycles. The van der Waals surface area contributed by atoms with Crippen molar-refractivity contribution in [2.45, 2.75) is 9.37 Å². The maximum Gasteiger partial charge on any atom is 0.156 e. The van der Waals surface area contributed by atoms with Gasteiger partial charge in [0.15, 0.2) is 4.34 Å². The van der Waals surface area contributed by atoms with Crippen molar-refractivity contribution in [1.29, 1.82) is 0 Å². The fraction of sp³-hybridized carbons (Fsp3) is 0. The minimum Gasteiger partial charge on any atom is -0.248 e. The van der Waals surface area contributed by atoms with Crippen molar-refractivity contribution in [2.24, 2.45) is 0 Å². The van der Waals surface area contributed by atoms with E-state index in [0.29, 0.717) is 0 Å². The van der Waals surface area contributed by atoms with E-state index in [1.807, 2.05) is 17.5 Å². The highest BCUT2D eigenvalue weighted by Gasteiger charge is 2.03. The molecule has 0 atom stereocenters. The molecule has 0 bridgehead atoms. The van der Waals surface area contributed by atoms with Gasteiger partial charge in [0, 0.05) is 17.8 Å². The lowest BCUT2D eigenvalue weighted by atomic mass is 10.5. The van der Waals surface area contributed by atoms with Crippen LogP contribution in [0.25, 0.3) is 0 Å². The number of nitrogens with zero attached hydrogens (tertiary/aromatic N) is 2. The summed E-state index contributed by atoms with van der Waals surface area (Å²) in [5.41, 5.74) is 0. The minimum absolute atomic E-state index is 0.956. The second kappa shape index (κ2) is 4.21. The summed E-state index contributed by atoms with van der Waals surface area (Å²) < 4.78 is 2.02. The van der Waals surface area contributed by atoms with Gasteiger partial charge in [0.2, 0.25) is 0 Å². The van der Waals surface area contributed by atoms with E-state index in [1.165, 1.54) is 0 Å². The van der Waals surface area contributed by atoms with E-state index in [0.717, 1.165) is 13.8 Å². The van der Waals surface area contributed by atoms with Crippen LogP contribution in [0.3, 0.4) is 0 Å². The zero-order chi connectivity index (χ0) is 9.10. The zero-order valence-electron chi connectivity index (χ0n) is 6.48. The highest BCUT2D eigenvalue weighted by Crippen LogP contribution is 2.32. The standard InChI is InChI=1S/C8H5BrN2S2/c9-6-2-1-3-10-7(6)13-8-11-4-5-12-8/h1-5H. The van der Waals surface area contributed by atoms with Gasteiger partial charge in [-0.3, -0.25) is 0 Å². The number of rotatable bonds is 2. The summed E-state index contributed by atoms with van der Waals surface area (Å²) in [5.74, 6) is 0. The van der Waals surface area contributed by atoms with Crippen LogP contribution in [-0.2, 0) is 0 Å². The molecule has 0 saturated heterocycles. The van der Waals surface area contributed by atoms with Gasteiger partial charge in [-0.1, -0.05) is 0 Å². The van der Waals surface area contributed by atoms with Crippen molar-refractivity contribution in [2.75, 3.05) is 0 Å². The molecule has 2 aromatic rings. The monoisotopic (exact) mass is 272 g/mol. The molecule has 2 aromatic heterocycles. The second-order valence-electron chi connectivity index (χ2n) is 2.19. The summed E-state index contributed by atoms with van der Waals surface area (Å²) >= 11 is 6.62. The molecule has 0 N–H and O–H groups in total. The first-order chi connectivity index (χ1) is 6.36. The molecule has 0 unspecified atom stereocenters. The van der Waals surface area contributed by atoms with E-state index in [9.17, 15) is 0 Å². The predicted octanol–water partition coefficient (Wildman–Crippen LogP) is 3.45. The first-order valence-electron chi connectivity index (χ1n) is 3.54. The molecular weight excluding hydrogens is 268 g/mol. The van der Waals surface area contributed by atoms with E-state index in [4.69, 9.17) is 0 Å². The zero-order valence-corrected chi connectivity index (χ0v) is 9.69. The Hall–Kier alpha value is -0.390. The number of halogens is 1. The molecular formula is C8H5BrN2S2. The van der Waals surface area contributed by atoms with Gasteiger partial charge in [-0.25, -0.2) is 9.97 Å². The quantitative estimate of drug-likeness (QED) is 0.838. The van der Waals surface area contributed by atoms with Crippen molar-refractivity contribution in [1.82, 2.24) is 9.97 Å². The first kappa shape index (κ1) is 9.18. The smallest absolute Gasteiger partial charge is 0.156 e. The average Bonchev–Trinajstić information content (AvgIpc) is 2.61. The Labute approximate surface area is 92.6 Å². The van der Waals surface area contributed by atoms with Crippen LogP contribution in [0.1, 0.15) is 0 Å². The number of thiazole rings is 1. The highest BCUT2D eigenvalue weighted by molar-refractivity contribution is 9.10. The van der Waals surface area contributed by atoms with Crippen LogP contribution >= 0.6 is 39.0 Å². The van der Waals surface area contributed by atoms with Gasteiger partial charge in [-0.2, -0.15) is 0 Å². The molecule has 13 heavy (non-hydrogen) atoms. The fourth-order valence-electron chi connectivity index (χ4n) is 0.790. The van der Waals surface area contributed by atoms with Crippen molar-refractivity contribution in [3.8, 4) is 0 Å². The van der Waals surface area contributed by atoms with Gasteiger partial charge in [0.25, 0.3) is 0 Å². The average molecular weight is 273 g/mol. The summed E-state index contributed by atoms with van der Waals surface area (Å²) in [6.07, 6.45) is 3.57. The number of hydrogen-bond acceptors (Lipinski definition) is 4. The van der Waals surface area contributed by atoms with Crippen molar-refractivity contribution in [3.05, 3.63) is 34.4 Å². The normalized spacial score (nSPS) is 10.2. The summed E-state index contributed by atoms with van der Waals surface area (Å²) in [7, 11) is 0. The lowest BCUT2D eigenvalue weighted by Gasteiger charge is -1.98. The van der Waals surface area contributed by atoms with Gasteiger partial charge in [-0.05, 0) is 39.8 Å². The van der Waals surface area contributed by atoms with Crippen LogP contribution in [0.15, 0.2) is 43.7 Å². The Morgan fingerprint density at radius 1 is 1.31 bits per heavy atom. The van der Waals surface area contributed by atoms with Gasteiger partial charge in [0.1, 0.15) is 5.03 Å². The Bertz CT molecular complexity index is 389. The first-order valence-corrected chi connectivity index (χ1v) is 6.03. The lowest BCUT2D eigenvalue weighted by molar-refractivity contribution is 1.10. The highest BCUT2D eigenvalue weighted by atomic mass is 79.9. The summed E-state index contributed by atoms with van der Waals surface area (Å²) in [4.78, 5) is 8.41. The predicted molar refractivity (Wildman–Crippen MR) is 58.2 cm³/mol. The van der Waals surface area contributed by atoms with E-state index in [1.54, 1.807) is 35.5 Å². The van der Waals surface area contributed by atoms with E-state index in [2.05, 4.69) is 25.9 Å². The fourth-order valence-corrected chi connectivity index (χ4v) is 2.80. The number of pyridine rings is 1. The number of hydrogen-bond donors (Lipinski definition) is 0. The Kier molecular flexibility index (Phi) is 2.97. The Morgan fingerprint density at radius 3 is 2.92 bits per heavy atom. The molecule has 0 aliphatic carbocycles. The largest absolute Gasteiger partial charge is 0.248 e. The van der Waals surface area contributed by atoms with Crippen molar-refractivity contribution in [3.63, 3.8) is 0 Å². The summed E-state index contributed by atoms with van der Waals surface area (Å²) in [5, 5.41) is 2.91. The molecule has 0 saturated carbocycles. The molecule has 5 heteroatoms. The molecule has 0 aliphatic rings. The maximum atomic E-state index is 4.24. The van der Waals surface area contributed by atoms with Crippen LogP contribution in [0.2, 0.25) is 0 Å². The number of aromatic nitrogens is 2. The van der Waals surface area contributed by atoms with Gasteiger partial charge in [0.05, 0.1) is 4.47 Å². The molecule has 0 spiro atoms. The van der Waals surface area contributed by atoms with Gasteiger partial charge < -0.3 is 0 Å². The van der Waals surface area contributed by atoms with Crippen LogP contribution in [-0.4, -0.2) is 9.97 Å². The molecule has 0 fully saturated rings. The lowest BCUT2D eigenvalue weighted by Crippen LogP contribution is -1.79. The van der Waals surface area contributed by atoms with Crippen LogP contribution in [0.4, 0.5) is 0 Å². The van der Waals surface area contributed by atoms with Crippen LogP contribution in [0, 0.1) is 0 Å². The minimum atomic E-state index is 0.956. The third-order valence-corrected chi connectivity index (χ3v) is 4.12. The van der Waals surface area contributed by atoms with Crippen LogP contribution in [0.5, 0.6) is 0 Å². The van der Waals surface area contributed by atoms with E-state index >= 15 is 0 Å². The molecule has 66 valence electrons. The van der Waals surface area contributed by atoms with Crippen molar-refractivity contribution < 1.29 is 0 Å². The topological polar surface area (TPSA) is 25.8 Å². The van der Waals surface area contributed by atoms with Crippen molar-refractivity contribution >= 4 is 39.0 Å². The second-order valence-corrected chi connectivity index (χ2v) is 5.18. The SMILES string of the molecule is Brc1cccnc1Sc1nccs1. The summed E-state index contributed by atoms with van der Waals surface area (Å²) in [6, 6.07) is 3.87. The maximum absolute atomic E-state index is 4.24. The van der Waals surface area contributed by atoms with Gasteiger partial charge >= 0.3 is 0 Å². The molecule has 0 aromatic carbocycles. The molecule has 0 radical (unpaired) electrons. The molecule has 0 amide bonds. The molecule has 2 heterocycles. The van der Waals surface area contributed by atoms with Crippen LogP contribution < -0.4 is 0 Å². The third kappa shape index (κ3) is 2.30. The van der Waals surface area contributed by atoms with Gasteiger partial charge in [-0.15, -0.1) is 11.3 Å². The molecule has 2 rings (SSSR count). The Balaban J connectivity index is 2.24. The molecule has 2 nitrogen and oxygen atoms in total. The Morgan fingerprint density at radius 2 is 2.23 bits per heavy atom. The third-order valence-electron chi connectivity index (χ3n) is 1.32.